The van der Waals surface area contributed by atoms with Crippen molar-refractivity contribution >= 4 is 40.9 Å². The van der Waals surface area contributed by atoms with Gasteiger partial charge in [-0.25, -0.2) is 4.68 Å². The van der Waals surface area contributed by atoms with E-state index in [9.17, 15) is 9.59 Å². The van der Waals surface area contributed by atoms with E-state index in [1.165, 1.54) is 4.90 Å². The minimum Gasteiger partial charge on any atom is -0.457 e. The number of hydrogen-bond donors (Lipinski definition) is 1. The number of aryl methyl sites for hydroxylation is 1. The number of rotatable bonds is 5. The lowest BCUT2D eigenvalue weighted by Crippen LogP contribution is -2.54. The molecule has 0 unspecified atom stereocenters. The maximum atomic E-state index is 13.4. The molecule has 2 amide bonds. The van der Waals surface area contributed by atoms with Crippen molar-refractivity contribution in [2.75, 3.05) is 4.90 Å². The number of hydrogen-bond acceptors (Lipinski definition) is 5. The third kappa shape index (κ3) is 4.42. The van der Waals surface area contributed by atoms with Crippen LogP contribution in [0.2, 0.25) is 0 Å². The Bertz CT molecular complexity index is 1510. The molecule has 5 rings (SSSR count). The summed E-state index contributed by atoms with van der Waals surface area (Å²) in [6.07, 6.45) is 3.19. The fourth-order valence-electron chi connectivity index (χ4n) is 3.94. The molecule has 1 N–H and O–H groups in total. The minimum absolute atomic E-state index is 0.0196. The Morgan fingerprint density at radius 2 is 1.56 bits per heavy atom. The van der Waals surface area contributed by atoms with Gasteiger partial charge in [-0.15, -0.1) is 0 Å². The van der Waals surface area contributed by atoms with Crippen molar-refractivity contribution in [3.8, 4) is 17.2 Å². The van der Waals surface area contributed by atoms with E-state index >= 15 is 0 Å². The van der Waals surface area contributed by atoms with Gasteiger partial charge in [0.15, 0.2) is 5.11 Å². The molecule has 1 aliphatic rings. The quantitative estimate of drug-likeness (QED) is 0.237. The largest absolute Gasteiger partial charge is 0.457 e. The second-order valence-electron chi connectivity index (χ2n) is 8.25. The second kappa shape index (κ2) is 9.59. The summed E-state index contributed by atoms with van der Waals surface area (Å²) >= 11 is 5.32. The summed E-state index contributed by atoms with van der Waals surface area (Å²) in [4.78, 5) is 27.5. The van der Waals surface area contributed by atoms with Gasteiger partial charge in [-0.2, -0.15) is 5.10 Å². The number of para-hydroxylation sites is 2. The van der Waals surface area contributed by atoms with Crippen molar-refractivity contribution in [1.82, 2.24) is 15.1 Å². The van der Waals surface area contributed by atoms with Gasteiger partial charge in [0, 0.05) is 11.3 Å². The number of anilines is 1. The average Bonchev–Trinajstić information content (AvgIpc) is 3.23. The molecule has 2 heterocycles. The van der Waals surface area contributed by atoms with Gasteiger partial charge in [-0.1, -0.05) is 36.4 Å². The fraction of sp³-hybridized carbons (Fsp3) is 0.0714. The van der Waals surface area contributed by atoms with Crippen molar-refractivity contribution < 1.29 is 14.3 Å². The molecule has 0 bridgehead atoms. The van der Waals surface area contributed by atoms with Crippen molar-refractivity contribution in [2.45, 2.75) is 13.8 Å². The van der Waals surface area contributed by atoms with Crippen molar-refractivity contribution in [3.05, 3.63) is 107 Å². The lowest BCUT2D eigenvalue weighted by Gasteiger charge is -2.29. The number of amides is 2. The van der Waals surface area contributed by atoms with E-state index in [-0.39, 0.29) is 10.7 Å². The number of thiocarbonyl (C=S) groups is 1. The lowest BCUT2D eigenvalue weighted by atomic mass is 10.1. The van der Waals surface area contributed by atoms with E-state index in [1.807, 2.05) is 68.4 Å². The number of carbonyl (C=O) groups excluding carboxylic acids is 2. The van der Waals surface area contributed by atoms with Crippen LogP contribution in [-0.2, 0) is 9.59 Å². The molecular formula is C28H22N4O3S. The molecule has 0 atom stereocenters. The highest BCUT2D eigenvalue weighted by molar-refractivity contribution is 7.80. The SMILES string of the molecule is Cc1ccccc1-n1ncc(C=C2C(=O)NC(=S)N(c3ccc(Oc4ccccc4)cc3)C2=O)c1C. The lowest BCUT2D eigenvalue weighted by molar-refractivity contribution is -0.122. The molecule has 1 saturated heterocycles. The van der Waals surface area contributed by atoms with E-state index in [1.54, 1.807) is 41.2 Å². The number of carbonyl (C=O) groups is 2. The van der Waals surface area contributed by atoms with Crippen LogP contribution in [0.1, 0.15) is 16.8 Å². The number of nitrogens with one attached hydrogen (secondary N) is 1. The molecule has 1 aromatic heterocycles. The highest BCUT2D eigenvalue weighted by atomic mass is 32.1. The van der Waals surface area contributed by atoms with Gasteiger partial charge >= 0.3 is 0 Å². The first-order chi connectivity index (χ1) is 17.4. The molecule has 3 aromatic carbocycles. The monoisotopic (exact) mass is 494 g/mol. The van der Waals surface area contributed by atoms with E-state index < -0.39 is 11.8 Å². The van der Waals surface area contributed by atoms with Gasteiger partial charge in [0.1, 0.15) is 17.1 Å². The third-order valence-corrected chi connectivity index (χ3v) is 6.15. The van der Waals surface area contributed by atoms with Crippen LogP contribution in [0, 0.1) is 13.8 Å². The van der Waals surface area contributed by atoms with Crippen LogP contribution in [0.25, 0.3) is 11.8 Å². The van der Waals surface area contributed by atoms with Crippen LogP contribution in [0.4, 0.5) is 5.69 Å². The smallest absolute Gasteiger partial charge is 0.270 e. The summed E-state index contributed by atoms with van der Waals surface area (Å²) in [5, 5.41) is 7.11. The van der Waals surface area contributed by atoms with Crippen LogP contribution < -0.4 is 15.0 Å². The van der Waals surface area contributed by atoms with Crippen LogP contribution in [0.3, 0.4) is 0 Å². The molecule has 8 heteroatoms. The van der Waals surface area contributed by atoms with Crippen LogP contribution in [0.15, 0.2) is 90.6 Å². The average molecular weight is 495 g/mol. The van der Waals surface area contributed by atoms with Gasteiger partial charge in [0.2, 0.25) is 0 Å². The zero-order valence-electron chi connectivity index (χ0n) is 19.6. The molecular weight excluding hydrogens is 472 g/mol. The Morgan fingerprint density at radius 1 is 0.889 bits per heavy atom. The molecule has 0 spiro atoms. The normalized spacial score (nSPS) is 14.8. The Kier molecular flexibility index (Phi) is 6.18. The zero-order chi connectivity index (χ0) is 25.2. The summed E-state index contributed by atoms with van der Waals surface area (Å²) in [6.45, 7) is 3.90. The van der Waals surface area contributed by atoms with E-state index in [4.69, 9.17) is 17.0 Å². The summed E-state index contributed by atoms with van der Waals surface area (Å²) in [6, 6.07) is 24.2. The Balaban J connectivity index is 1.43. The van der Waals surface area contributed by atoms with Gasteiger partial charge in [-0.05, 0) is 80.2 Å². The minimum atomic E-state index is -0.548. The van der Waals surface area contributed by atoms with Crippen LogP contribution in [0.5, 0.6) is 11.5 Å². The maximum Gasteiger partial charge on any atom is 0.270 e. The van der Waals surface area contributed by atoms with E-state index in [2.05, 4.69) is 10.4 Å². The molecule has 0 radical (unpaired) electrons. The molecule has 0 saturated carbocycles. The van der Waals surface area contributed by atoms with Gasteiger partial charge in [-0.3, -0.25) is 19.8 Å². The summed E-state index contributed by atoms with van der Waals surface area (Å²) in [5.74, 6) is 0.255. The second-order valence-corrected chi connectivity index (χ2v) is 8.64. The van der Waals surface area contributed by atoms with Crippen LogP contribution >= 0.6 is 12.2 Å². The molecule has 0 aliphatic carbocycles. The third-order valence-electron chi connectivity index (χ3n) is 5.87. The van der Waals surface area contributed by atoms with Gasteiger partial charge in [0.05, 0.1) is 17.6 Å². The first-order valence-corrected chi connectivity index (χ1v) is 11.7. The molecule has 7 nitrogen and oxygen atoms in total. The Morgan fingerprint density at radius 3 is 2.28 bits per heavy atom. The van der Waals surface area contributed by atoms with Crippen molar-refractivity contribution in [1.29, 1.82) is 0 Å². The summed E-state index contributed by atoms with van der Waals surface area (Å²) in [7, 11) is 0. The summed E-state index contributed by atoms with van der Waals surface area (Å²) in [5.41, 5.74) is 3.95. The Labute approximate surface area is 213 Å². The van der Waals surface area contributed by atoms with E-state index in [0.717, 1.165) is 16.9 Å². The van der Waals surface area contributed by atoms with Crippen molar-refractivity contribution in [3.63, 3.8) is 0 Å². The molecule has 4 aromatic rings. The standard InChI is InChI=1S/C28H22N4O3S/c1-18-8-6-7-11-25(18)32-19(2)20(17-29-32)16-24-26(33)30-28(36)31(27(24)34)21-12-14-23(15-13-21)35-22-9-4-3-5-10-22/h3-17H,1-2H3,(H,30,33,36). The topological polar surface area (TPSA) is 76.5 Å². The first-order valence-electron chi connectivity index (χ1n) is 11.3. The first kappa shape index (κ1) is 23.2. The Hall–Kier alpha value is -4.56. The highest BCUT2D eigenvalue weighted by Gasteiger charge is 2.34. The molecule has 1 aliphatic heterocycles. The highest BCUT2D eigenvalue weighted by Crippen LogP contribution is 2.27. The molecule has 178 valence electrons. The zero-order valence-corrected chi connectivity index (χ0v) is 20.5. The van der Waals surface area contributed by atoms with Crippen LogP contribution in [-0.4, -0.2) is 26.7 Å². The predicted octanol–water partition coefficient (Wildman–Crippen LogP) is 5.11. The number of aromatic nitrogens is 2. The maximum absolute atomic E-state index is 13.4. The summed E-state index contributed by atoms with van der Waals surface area (Å²) < 4.78 is 7.62. The van der Waals surface area contributed by atoms with Crippen molar-refractivity contribution in [2.24, 2.45) is 0 Å². The number of benzene rings is 3. The number of nitrogens with zero attached hydrogens (tertiary/aromatic N) is 3. The van der Waals surface area contributed by atoms with Gasteiger partial charge < -0.3 is 4.74 Å². The number of ether oxygens (including phenoxy) is 1. The molecule has 1 fully saturated rings. The fourth-order valence-corrected chi connectivity index (χ4v) is 4.22. The predicted molar refractivity (Wildman–Crippen MR) is 142 cm³/mol. The molecule has 36 heavy (non-hydrogen) atoms. The van der Waals surface area contributed by atoms with Gasteiger partial charge in [0.25, 0.3) is 11.8 Å². The van der Waals surface area contributed by atoms with E-state index in [0.29, 0.717) is 22.7 Å².